The first-order valence-corrected chi connectivity index (χ1v) is 7.60. The largest absolute Gasteiger partial charge is 0.492 e. The average molecular weight is 307 g/mol. The Labute approximate surface area is 131 Å². The number of carbonyl (C=O) groups is 1. The topological polar surface area (TPSA) is 62.8 Å². The van der Waals surface area contributed by atoms with Crippen molar-refractivity contribution in [1.82, 2.24) is 15.5 Å². The first-order valence-electron chi connectivity index (χ1n) is 7.60. The number of carbonyl (C=O) groups excluding carboxylic acids is 1. The lowest BCUT2D eigenvalue weighted by Gasteiger charge is -2.22. The first-order chi connectivity index (χ1) is 10.6. The van der Waals surface area contributed by atoms with E-state index in [1.807, 2.05) is 38.4 Å². The smallest absolute Gasteiger partial charge is 0.239 e. The molecule has 0 aromatic heterocycles. The van der Waals surface area contributed by atoms with Crippen LogP contribution in [0.5, 0.6) is 5.75 Å². The number of hydrogen-bond acceptors (Lipinski definition) is 5. The van der Waals surface area contributed by atoms with E-state index in [0.29, 0.717) is 32.9 Å². The fourth-order valence-electron chi connectivity index (χ4n) is 2.14. The summed E-state index contributed by atoms with van der Waals surface area (Å²) in [6.45, 7) is 3.81. The predicted octanol–water partition coefficient (Wildman–Crippen LogP) is 0.232. The van der Waals surface area contributed by atoms with Gasteiger partial charge in [0, 0.05) is 19.6 Å². The molecule has 122 valence electrons. The third-order valence-corrected chi connectivity index (χ3v) is 3.41. The van der Waals surface area contributed by atoms with Gasteiger partial charge in [0.25, 0.3) is 0 Å². The van der Waals surface area contributed by atoms with Crippen LogP contribution in [0, 0.1) is 0 Å². The van der Waals surface area contributed by atoms with Crippen molar-refractivity contribution in [1.29, 1.82) is 0 Å². The summed E-state index contributed by atoms with van der Waals surface area (Å²) in [5.41, 5.74) is 1.02. The van der Waals surface area contributed by atoms with Crippen LogP contribution in [-0.4, -0.2) is 63.9 Å². The van der Waals surface area contributed by atoms with Gasteiger partial charge in [-0.25, -0.2) is 0 Å². The van der Waals surface area contributed by atoms with Crippen molar-refractivity contribution in [3.63, 3.8) is 0 Å². The molecular weight excluding hydrogens is 282 g/mol. The molecule has 0 bridgehead atoms. The number of likely N-dealkylation sites (N-methyl/N-ethyl adjacent to an activating group) is 1. The molecule has 1 atom stereocenters. The van der Waals surface area contributed by atoms with Crippen LogP contribution in [0.25, 0.3) is 0 Å². The summed E-state index contributed by atoms with van der Waals surface area (Å²) in [4.78, 5) is 14.1. The van der Waals surface area contributed by atoms with Gasteiger partial charge >= 0.3 is 0 Å². The predicted molar refractivity (Wildman–Crippen MR) is 84.9 cm³/mol. The molecule has 1 amide bonds. The standard InChI is InChI=1S/C16H25N3O3/c1-19(2)7-9-22-14-5-3-4-13(10-14)11-18-16(20)15-12-21-8-6-17-15/h3-5,10,15,17H,6-9,11-12H2,1-2H3,(H,18,20). The number of nitrogens with one attached hydrogen (secondary N) is 2. The molecule has 0 aliphatic carbocycles. The lowest BCUT2D eigenvalue weighted by molar-refractivity contribution is -0.126. The Hall–Kier alpha value is -1.63. The summed E-state index contributed by atoms with van der Waals surface area (Å²) >= 11 is 0. The SMILES string of the molecule is CN(C)CCOc1cccc(CNC(=O)C2COCCN2)c1. The summed E-state index contributed by atoms with van der Waals surface area (Å²) in [5.74, 6) is 0.798. The van der Waals surface area contributed by atoms with Crippen LogP contribution in [0.15, 0.2) is 24.3 Å². The van der Waals surface area contributed by atoms with Crippen molar-refractivity contribution in [2.45, 2.75) is 12.6 Å². The van der Waals surface area contributed by atoms with E-state index in [4.69, 9.17) is 9.47 Å². The van der Waals surface area contributed by atoms with Crippen molar-refractivity contribution < 1.29 is 14.3 Å². The van der Waals surface area contributed by atoms with Gasteiger partial charge in [-0.1, -0.05) is 12.1 Å². The number of benzene rings is 1. The van der Waals surface area contributed by atoms with Crippen molar-refractivity contribution in [3.8, 4) is 5.75 Å². The van der Waals surface area contributed by atoms with Crippen LogP contribution in [0.1, 0.15) is 5.56 Å². The third kappa shape index (κ3) is 5.63. The Morgan fingerprint density at radius 1 is 1.50 bits per heavy atom. The Bertz CT molecular complexity index is 473. The number of ether oxygens (including phenoxy) is 2. The third-order valence-electron chi connectivity index (χ3n) is 3.41. The fraction of sp³-hybridized carbons (Fsp3) is 0.562. The van der Waals surface area contributed by atoms with E-state index in [1.165, 1.54) is 0 Å². The van der Waals surface area contributed by atoms with Gasteiger partial charge < -0.3 is 25.0 Å². The van der Waals surface area contributed by atoms with Crippen molar-refractivity contribution in [3.05, 3.63) is 29.8 Å². The van der Waals surface area contributed by atoms with Gasteiger partial charge in [-0.05, 0) is 31.8 Å². The molecule has 1 heterocycles. The molecule has 0 radical (unpaired) electrons. The fourth-order valence-corrected chi connectivity index (χ4v) is 2.14. The molecule has 6 heteroatoms. The molecule has 1 aromatic rings. The van der Waals surface area contributed by atoms with Crippen LogP contribution in [0.2, 0.25) is 0 Å². The second-order valence-electron chi connectivity index (χ2n) is 5.60. The van der Waals surface area contributed by atoms with E-state index in [2.05, 4.69) is 15.5 Å². The van der Waals surface area contributed by atoms with E-state index in [1.54, 1.807) is 0 Å². The van der Waals surface area contributed by atoms with E-state index >= 15 is 0 Å². The molecule has 1 fully saturated rings. The number of rotatable bonds is 7. The van der Waals surface area contributed by atoms with Crippen LogP contribution < -0.4 is 15.4 Å². The first kappa shape index (κ1) is 16.7. The Kier molecular flexibility index (Phi) is 6.64. The zero-order valence-electron chi connectivity index (χ0n) is 13.3. The van der Waals surface area contributed by atoms with Crippen LogP contribution >= 0.6 is 0 Å². The highest BCUT2D eigenvalue weighted by Gasteiger charge is 2.20. The van der Waals surface area contributed by atoms with Gasteiger partial charge in [-0.15, -0.1) is 0 Å². The van der Waals surface area contributed by atoms with Crippen molar-refractivity contribution in [2.24, 2.45) is 0 Å². The molecule has 22 heavy (non-hydrogen) atoms. The lowest BCUT2D eigenvalue weighted by Crippen LogP contribution is -2.51. The van der Waals surface area contributed by atoms with E-state index in [9.17, 15) is 4.79 Å². The Morgan fingerprint density at radius 2 is 2.36 bits per heavy atom. The molecule has 1 aliphatic rings. The van der Waals surface area contributed by atoms with Gasteiger partial charge in [-0.2, -0.15) is 0 Å². The number of hydrogen-bond donors (Lipinski definition) is 2. The number of amides is 1. The molecule has 2 rings (SSSR count). The summed E-state index contributed by atoms with van der Waals surface area (Å²) < 4.78 is 11.0. The molecule has 1 aliphatic heterocycles. The molecule has 0 saturated carbocycles. The molecule has 6 nitrogen and oxygen atoms in total. The second kappa shape index (κ2) is 8.73. The minimum absolute atomic E-state index is 0.0290. The quantitative estimate of drug-likeness (QED) is 0.755. The van der Waals surface area contributed by atoms with Gasteiger partial charge in [-0.3, -0.25) is 4.79 Å². The number of nitrogens with zero attached hydrogens (tertiary/aromatic N) is 1. The second-order valence-corrected chi connectivity index (χ2v) is 5.60. The maximum Gasteiger partial charge on any atom is 0.239 e. The monoisotopic (exact) mass is 307 g/mol. The maximum absolute atomic E-state index is 12.0. The summed E-state index contributed by atoms with van der Waals surface area (Å²) in [7, 11) is 4.02. The Morgan fingerprint density at radius 3 is 3.09 bits per heavy atom. The van der Waals surface area contributed by atoms with Gasteiger partial charge in [0.2, 0.25) is 5.91 Å². The highest BCUT2D eigenvalue weighted by atomic mass is 16.5. The van der Waals surface area contributed by atoms with E-state index < -0.39 is 0 Å². The van der Waals surface area contributed by atoms with Gasteiger partial charge in [0.1, 0.15) is 18.4 Å². The minimum atomic E-state index is -0.256. The van der Waals surface area contributed by atoms with Crippen LogP contribution in [0.3, 0.4) is 0 Å². The molecule has 0 spiro atoms. The van der Waals surface area contributed by atoms with E-state index in [-0.39, 0.29) is 11.9 Å². The van der Waals surface area contributed by atoms with E-state index in [0.717, 1.165) is 17.9 Å². The number of morpholine rings is 1. The summed E-state index contributed by atoms with van der Waals surface area (Å²) in [6.07, 6.45) is 0. The van der Waals surface area contributed by atoms with Gasteiger partial charge in [0.15, 0.2) is 0 Å². The van der Waals surface area contributed by atoms with Crippen molar-refractivity contribution >= 4 is 5.91 Å². The molecule has 1 saturated heterocycles. The maximum atomic E-state index is 12.0. The summed E-state index contributed by atoms with van der Waals surface area (Å²) in [5, 5.41) is 6.06. The van der Waals surface area contributed by atoms with Gasteiger partial charge in [0.05, 0.1) is 13.2 Å². The Balaban J connectivity index is 1.78. The highest BCUT2D eigenvalue weighted by molar-refractivity contribution is 5.81. The van der Waals surface area contributed by atoms with Crippen LogP contribution in [0.4, 0.5) is 0 Å². The summed E-state index contributed by atoms with van der Waals surface area (Å²) in [6, 6.07) is 7.55. The zero-order valence-corrected chi connectivity index (χ0v) is 13.3. The minimum Gasteiger partial charge on any atom is -0.492 e. The molecular formula is C16H25N3O3. The highest BCUT2D eigenvalue weighted by Crippen LogP contribution is 2.13. The lowest BCUT2D eigenvalue weighted by atomic mass is 10.2. The van der Waals surface area contributed by atoms with Crippen LogP contribution in [-0.2, 0) is 16.1 Å². The normalized spacial score (nSPS) is 18.2. The molecule has 1 aromatic carbocycles. The van der Waals surface area contributed by atoms with Crippen molar-refractivity contribution in [2.75, 3.05) is 47.0 Å². The molecule has 2 N–H and O–H groups in total. The average Bonchev–Trinajstić information content (AvgIpc) is 2.53. The zero-order chi connectivity index (χ0) is 15.8. The molecule has 1 unspecified atom stereocenters.